The van der Waals surface area contributed by atoms with Crippen LogP contribution in [0.15, 0.2) is 12.3 Å². The third kappa shape index (κ3) is 1.56. The Morgan fingerprint density at radius 2 is 2.06 bits per heavy atom. The molecule has 4 rings (SSSR count). The van der Waals surface area contributed by atoms with Gasteiger partial charge in [0.2, 0.25) is 5.95 Å². The van der Waals surface area contributed by atoms with E-state index in [4.69, 9.17) is 0 Å². The molecule has 0 unspecified atom stereocenters. The molecule has 0 spiro atoms. The second-order valence-corrected chi connectivity index (χ2v) is 6.43. The summed E-state index contributed by atoms with van der Waals surface area (Å²) in [5.74, 6) is 4.79. The molecule has 96 valence electrons. The van der Waals surface area contributed by atoms with Gasteiger partial charge in [0.05, 0.1) is 0 Å². The molecule has 0 aromatic carbocycles. The fraction of sp³-hybridized carbons (Fsp3) is 0.733. The maximum atomic E-state index is 4.48. The summed E-state index contributed by atoms with van der Waals surface area (Å²) in [6, 6.07) is 2.59. The van der Waals surface area contributed by atoms with Crippen LogP contribution in [-0.2, 0) is 0 Å². The lowest BCUT2D eigenvalue weighted by Crippen LogP contribution is -2.34. The third-order valence-corrected chi connectivity index (χ3v) is 5.54. The molecule has 0 aliphatic heterocycles. The number of nitrogens with one attached hydrogen (secondary N) is 1. The van der Waals surface area contributed by atoms with Crippen molar-refractivity contribution >= 4 is 5.95 Å². The first-order valence-electron chi connectivity index (χ1n) is 7.37. The van der Waals surface area contributed by atoms with Crippen LogP contribution in [-0.4, -0.2) is 16.0 Å². The number of anilines is 1. The predicted octanol–water partition coefficient (Wildman–Crippen LogP) is 3.02. The Kier molecular flexibility index (Phi) is 2.36. The first-order chi connectivity index (χ1) is 8.81. The SMILES string of the molecule is Cc1ccnc(N[C@@H]2C[C@H]3C[C@H]2[C@H]2CCC[C@H]32)n1. The van der Waals surface area contributed by atoms with Crippen LogP contribution in [0.2, 0.25) is 0 Å². The van der Waals surface area contributed by atoms with Crippen LogP contribution in [0.3, 0.4) is 0 Å². The van der Waals surface area contributed by atoms with Gasteiger partial charge in [0.15, 0.2) is 0 Å². The Balaban J connectivity index is 1.51. The van der Waals surface area contributed by atoms with E-state index in [1.54, 1.807) is 0 Å². The molecule has 1 aromatic heterocycles. The van der Waals surface area contributed by atoms with E-state index in [9.17, 15) is 0 Å². The Hall–Kier alpha value is -1.12. The fourth-order valence-corrected chi connectivity index (χ4v) is 4.92. The van der Waals surface area contributed by atoms with Gasteiger partial charge in [0.25, 0.3) is 0 Å². The van der Waals surface area contributed by atoms with Crippen LogP contribution in [0.4, 0.5) is 5.95 Å². The van der Waals surface area contributed by atoms with E-state index in [1.165, 1.54) is 32.1 Å². The van der Waals surface area contributed by atoms with Crippen molar-refractivity contribution in [3.63, 3.8) is 0 Å². The zero-order chi connectivity index (χ0) is 12.1. The number of aromatic nitrogens is 2. The molecule has 1 aromatic rings. The van der Waals surface area contributed by atoms with Crippen LogP contribution in [0.5, 0.6) is 0 Å². The number of rotatable bonds is 2. The van der Waals surface area contributed by atoms with E-state index >= 15 is 0 Å². The van der Waals surface area contributed by atoms with Crippen LogP contribution >= 0.6 is 0 Å². The van der Waals surface area contributed by atoms with E-state index < -0.39 is 0 Å². The van der Waals surface area contributed by atoms with E-state index in [2.05, 4.69) is 15.3 Å². The molecule has 1 N–H and O–H groups in total. The molecule has 3 heteroatoms. The van der Waals surface area contributed by atoms with Gasteiger partial charge in [-0.25, -0.2) is 9.97 Å². The van der Waals surface area contributed by atoms with Crippen molar-refractivity contribution in [2.45, 2.75) is 45.1 Å². The fourth-order valence-electron chi connectivity index (χ4n) is 4.92. The zero-order valence-corrected chi connectivity index (χ0v) is 11.0. The molecule has 5 atom stereocenters. The van der Waals surface area contributed by atoms with Crippen molar-refractivity contribution in [1.29, 1.82) is 0 Å². The highest BCUT2D eigenvalue weighted by Crippen LogP contribution is 2.59. The molecule has 2 bridgehead atoms. The van der Waals surface area contributed by atoms with Gasteiger partial charge in [-0.15, -0.1) is 0 Å². The van der Waals surface area contributed by atoms with Crippen molar-refractivity contribution in [3.05, 3.63) is 18.0 Å². The quantitative estimate of drug-likeness (QED) is 0.867. The minimum atomic E-state index is 0.635. The summed E-state index contributed by atoms with van der Waals surface area (Å²) in [4.78, 5) is 8.83. The summed E-state index contributed by atoms with van der Waals surface area (Å²) in [6.45, 7) is 2.03. The van der Waals surface area contributed by atoms with Gasteiger partial charge in [-0.2, -0.15) is 0 Å². The van der Waals surface area contributed by atoms with E-state index in [0.717, 1.165) is 35.3 Å². The normalized spacial score (nSPS) is 41.1. The maximum Gasteiger partial charge on any atom is 0.223 e. The molecule has 1 heterocycles. The number of nitrogens with zero attached hydrogens (tertiary/aromatic N) is 2. The van der Waals surface area contributed by atoms with E-state index in [1.807, 2.05) is 19.2 Å². The molecule has 3 nitrogen and oxygen atoms in total. The summed E-state index contributed by atoms with van der Waals surface area (Å²) in [6.07, 6.45) is 9.10. The molecule has 0 saturated heterocycles. The molecular formula is C15H21N3. The van der Waals surface area contributed by atoms with E-state index in [-0.39, 0.29) is 0 Å². The largest absolute Gasteiger partial charge is 0.351 e. The van der Waals surface area contributed by atoms with Gasteiger partial charge < -0.3 is 5.32 Å². The Morgan fingerprint density at radius 1 is 1.17 bits per heavy atom. The summed E-state index contributed by atoms with van der Waals surface area (Å²) in [5, 5.41) is 3.60. The minimum Gasteiger partial charge on any atom is -0.351 e. The molecule has 0 radical (unpaired) electrons. The molecule has 3 aliphatic carbocycles. The molecular weight excluding hydrogens is 222 g/mol. The summed E-state index contributed by atoms with van der Waals surface area (Å²) < 4.78 is 0. The first kappa shape index (κ1) is 10.8. The second-order valence-electron chi connectivity index (χ2n) is 6.43. The predicted molar refractivity (Wildman–Crippen MR) is 71.2 cm³/mol. The number of fused-ring (bicyclic) bond motifs is 5. The van der Waals surface area contributed by atoms with Crippen LogP contribution < -0.4 is 5.32 Å². The van der Waals surface area contributed by atoms with Crippen molar-refractivity contribution < 1.29 is 0 Å². The van der Waals surface area contributed by atoms with Gasteiger partial charge in [0.1, 0.15) is 0 Å². The van der Waals surface area contributed by atoms with Gasteiger partial charge in [-0.3, -0.25) is 0 Å². The number of hydrogen-bond donors (Lipinski definition) is 1. The number of aryl methyl sites for hydroxylation is 1. The molecule has 0 amide bonds. The summed E-state index contributed by atoms with van der Waals surface area (Å²) >= 11 is 0. The van der Waals surface area contributed by atoms with Gasteiger partial charge in [-0.1, -0.05) is 6.42 Å². The van der Waals surface area contributed by atoms with Crippen molar-refractivity contribution in [2.24, 2.45) is 23.7 Å². The molecule has 3 fully saturated rings. The maximum absolute atomic E-state index is 4.48. The lowest BCUT2D eigenvalue weighted by molar-refractivity contribution is 0.243. The molecule has 18 heavy (non-hydrogen) atoms. The first-order valence-corrected chi connectivity index (χ1v) is 7.37. The summed E-state index contributed by atoms with van der Waals surface area (Å²) in [7, 11) is 0. The lowest BCUT2D eigenvalue weighted by atomic mass is 9.79. The highest BCUT2D eigenvalue weighted by molar-refractivity contribution is 5.29. The van der Waals surface area contributed by atoms with Crippen molar-refractivity contribution in [1.82, 2.24) is 9.97 Å². The Bertz CT molecular complexity index is 459. The van der Waals surface area contributed by atoms with Gasteiger partial charge in [-0.05, 0) is 62.3 Å². The minimum absolute atomic E-state index is 0.635. The van der Waals surface area contributed by atoms with Gasteiger partial charge >= 0.3 is 0 Å². The van der Waals surface area contributed by atoms with Crippen LogP contribution in [0, 0.1) is 30.6 Å². The monoisotopic (exact) mass is 243 g/mol. The molecule has 3 saturated carbocycles. The Morgan fingerprint density at radius 3 is 2.94 bits per heavy atom. The van der Waals surface area contributed by atoms with Gasteiger partial charge in [0, 0.05) is 17.9 Å². The van der Waals surface area contributed by atoms with Crippen molar-refractivity contribution in [2.75, 3.05) is 5.32 Å². The zero-order valence-electron chi connectivity index (χ0n) is 11.0. The second kappa shape index (κ2) is 3.94. The average Bonchev–Trinajstić information content (AvgIpc) is 2.99. The molecule has 3 aliphatic rings. The summed E-state index contributed by atoms with van der Waals surface area (Å²) in [5.41, 5.74) is 1.05. The van der Waals surface area contributed by atoms with Crippen molar-refractivity contribution in [3.8, 4) is 0 Å². The van der Waals surface area contributed by atoms with E-state index in [0.29, 0.717) is 6.04 Å². The number of hydrogen-bond acceptors (Lipinski definition) is 3. The van der Waals surface area contributed by atoms with Crippen LogP contribution in [0.25, 0.3) is 0 Å². The highest BCUT2D eigenvalue weighted by Gasteiger charge is 2.53. The average molecular weight is 243 g/mol. The third-order valence-electron chi connectivity index (χ3n) is 5.54. The lowest BCUT2D eigenvalue weighted by Gasteiger charge is -2.32. The van der Waals surface area contributed by atoms with Crippen LogP contribution in [0.1, 0.15) is 37.8 Å². The topological polar surface area (TPSA) is 37.8 Å². The highest BCUT2D eigenvalue weighted by atomic mass is 15.1. The Labute approximate surface area is 108 Å². The smallest absolute Gasteiger partial charge is 0.223 e. The standard InChI is InChI=1S/C15H21N3/c1-9-5-6-16-15(17-9)18-14-8-10-7-13(14)12-4-2-3-11(10)12/h5-6,10-14H,2-4,7-8H2,1H3,(H,16,17,18)/t10-,11-,12+,13+,14-/m1/s1.